The van der Waals surface area contributed by atoms with E-state index in [1.807, 2.05) is 37.3 Å². The molecule has 5 heteroatoms. The number of rotatable bonds is 5. The van der Waals surface area contributed by atoms with Crippen molar-refractivity contribution in [2.24, 2.45) is 0 Å². The molecule has 1 aromatic heterocycles. The van der Waals surface area contributed by atoms with E-state index in [9.17, 15) is 9.59 Å². The van der Waals surface area contributed by atoms with Crippen molar-refractivity contribution in [2.75, 3.05) is 0 Å². The molecular weight excluding hydrogens is 280 g/mol. The van der Waals surface area contributed by atoms with Gasteiger partial charge in [0.05, 0.1) is 5.56 Å². The van der Waals surface area contributed by atoms with Crippen LogP contribution in [0.4, 0.5) is 0 Å². The third kappa shape index (κ3) is 4.41. The van der Waals surface area contributed by atoms with Gasteiger partial charge in [0.2, 0.25) is 0 Å². The molecule has 1 N–H and O–H groups in total. The van der Waals surface area contributed by atoms with E-state index in [-0.39, 0.29) is 5.91 Å². The highest BCUT2D eigenvalue weighted by molar-refractivity contribution is 5.91. The molecule has 1 amide bonds. The van der Waals surface area contributed by atoms with Crippen molar-refractivity contribution in [3.05, 3.63) is 65.5 Å². The lowest BCUT2D eigenvalue weighted by Crippen LogP contribution is -2.35. The van der Waals surface area contributed by atoms with Gasteiger partial charge in [-0.25, -0.2) is 4.79 Å². The first kappa shape index (κ1) is 15.7. The highest BCUT2D eigenvalue weighted by Gasteiger charge is 2.18. The van der Waals surface area contributed by atoms with Gasteiger partial charge in [0, 0.05) is 18.4 Å². The zero-order valence-electron chi connectivity index (χ0n) is 12.6. The number of carbonyl (C=O) groups is 2. The van der Waals surface area contributed by atoms with Crippen molar-refractivity contribution in [1.29, 1.82) is 0 Å². The van der Waals surface area contributed by atoms with Gasteiger partial charge >= 0.3 is 5.97 Å². The molecule has 0 saturated heterocycles. The molecule has 0 saturated carbocycles. The number of aromatic nitrogens is 1. The maximum Gasteiger partial charge on any atom is 0.340 e. The van der Waals surface area contributed by atoms with Crippen molar-refractivity contribution >= 4 is 11.9 Å². The van der Waals surface area contributed by atoms with Gasteiger partial charge in [0.15, 0.2) is 6.10 Å². The lowest BCUT2D eigenvalue weighted by Gasteiger charge is -2.13. The minimum atomic E-state index is -0.863. The number of hydrogen-bond donors (Lipinski definition) is 1. The fraction of sp³-hybridized carbons (Fsp3) is 0.235. The average Bonchev–Trinajstić information content (AvgIpc) is 2.54. The molecule has 2 aromatic rings. The molecule has 0 aliphatic rings. The predicted molar refractivity (Wildman–Crippen MR) is 82.1 cm³/mol. The second-order valence-corrected chi connectivity index (χ2v) is 4.94. The van der Waals surface area contributed by atoms with Gasteiger partial charge in [-0.15, -0.1) is 0 Å². The number of hydrogen-bond acceptors (Lipinski definition) is 4. The smallest absolute Gasteiger partial charge is 0.340 e. The lowest BCUT2D eigenvalue weighted by atomic mass is 10.2. The molecule has 0 fully saturated rings. The molecular formula is C17H18N2O3. The molecule has 5 nitrogen and oxygen atoms in total. The van der Waals surface area contributed by atoms with Gasteiger partial charge in [-0.2, -0.15) is 0 Å². The number of benzene rings is 1. The van der Waals surface area contributed by atoms with Crippen LogP contribution in [0, 0.1) is 6.92 Å². The maximum atomic E-state index is 11.9. The summed E-state index contributed by atoms with van der Waals surface area (Å²) in [6, 6.07) is 12.9. The zero-order valence-corrected chi connectivity index (χ0v) is 12.6. The van der Waals surface area contributed by atoms with E-state index >= 15 is 0 Å². The number of amides is 1. The summed E-state index contributed by atoms with van der Waals surface area (Å²) in [5.74, 6) is -0.896. The lowest BCUT2D eigenvalue weighted by molar-refractivity contribution is -0.129. The quantitative estimate of drug-likeness (QED) is 0.860. The van der Waals surface area contributed by atoms with E-state index < -0.39 is 12.1 Å². The second-order valence-electron chi connectivity index (χ2n) is 4.94. The molecule has 1 heterocycles. The Balaban J connectivity index is 1.85. The van der Waals surface area contributed by atoms with Crippen molar-refractivity contribution in [2.45, 2.75) is 26.5 Å². The summed E-state index contributed by atoms with van der Waals surface area (Å²) in [7, 11) is 0. The number of nitrogens with zero attached hydrogens (tertiary/aromatic N) is 1. The van der Waals surface area contributed by atoms with Crippen molar-refractivity contribution < 1.29 is 14.3 Å². The van der Waals surface area contributed by atoms with E-state index in [4.69, 9.17) is 4.74 Å². The monoisotopic (exact) mass is 298 g/mol. The fourth-order valence-electron chi connectivity index (χ4n) is 1.80. The van der Waals surface area contributed by atoms with Crippen LogP contribution >= 0.6 is 0 Å². The third-order valence-corrected chi connectivity index (χ3v) is 3.11. The summed E-state index contributed by atoms with van der Waals surface area (Å²) in [5, 5.41) is 2.73. The highest BCUT2D eigenvalue weighted by Crippen LogP contribution is 2.05. The summed E-state index contributed by atoms with van der Waals surface area (Å²) in [6.45, 7) is 3.77. The summed E-state index contributed by atoms with van der Waals surface area (Å²) >= 11 is 0. The van der Waals surface area contributed by atoms with Gasteiger partial charge in [0.25, 0.3) is 5.91 Å². The van der Waals surface area contributed by atoms with Crippen molar-refractivity contribution in [1.82, 2.24) is 10.3 Å². The summed E-state index contributed by atoms with van der Waals surface area (Å²) in [4.78, 5) is 27.9. The van der Waals surface area contributed by atoms with Crippen LogP contribution in [0.1, 0.15) is 28.5 Å². The van der Waals surface area contributed by atoms with Gasteiger partial charge in [-0.3, -0.25) is 9.78 Å². The normalized spacial score (nSPS) is 11.5. The number of carbonyl (C=O) groups excluding carboxylic acids is 2. The summed E-state index contributed by atoms with van der Waals surface area (Å²) < 4.78 is 5.14. The molecule has 0 aliphatic carbocycles. The first-order valence-corrected chi connectivity index (χ1v) is 7.01. The molecule has 22 heavy (non-hydrogen) atoms. The maximum absolute atomic E-state index is 11.9. The predicted octanol–water partition coefficient (Wildman–Crippen LogP) is 2.25. The van der Waals surface area contributed by atoms with Crippen LogP contribution in [0.3, 0.4) is 0 Å². The molecule has 2 rings (SSSR count). The first-order valence-electron chi connectivity index (χ1n) is 7.01. The Morgan fingerprint density at radius 3 is 2.55 bits per heavy atom. The number of ether oxygens (including phenoxy) is 1. The molecule has 0 aliphatic heterocycles. The van der Waals surface area contributed by atoms with Crippen molar-refractivity contribution in [3.63, 3.8) is 0 Å². The van der Waals surface area contributed by atoms with Crippen LogP contribution < -0.4 is 5.32 Å². The largest absolute Gasteiger partial charge is 0.449 e. The number of nitrogens with one attached hydrogen (secondary N) is 1. The Bertz CT molecular complexity index is 639. The molecule has 0 unspecified atom stereocenters. The van der Waals surface area contributed by atoms with E-state index in [2.05, 4.69) is 10.3 Å². The highest BCUT2D eigenvalue weighted by atomic mass is 16.5. The fourth-order valence-corrected chi connectivity index (χ4v) is 1.80. The van der Waals surface area contributed by atoms with Gasteiger partial charge in [0.1, 0.15) is 0 Å². The van der Waals surface area contributed by atoms with Gasteiger partial charge in [-0.1, -0.05) is 30.3 Å². The second kappa shape index (κ2) is 7.36. The van der Waals surface area contributed by atoms with Crippen LogP contribution in [0.5, 0.6) is 0 Å². The van der Waals surface area contributed by atoms with Crippen LogP contribution in [0.15, 0.2) is 48.7 Å². The van der Waals surface area contributed by atoms with Crippen LogP contribution in [-0.4, -0.2) is 23.0 Å². The van der Waals surface area contributed by atoms with E-state index in [1.54, 1.807) is 19.1 Å². The Morgan fingerprint density at radius 1 is 1.18 bits per heavy atom. The molecule has 1 aromatic carbocycles. The standard InChI is InChI=1S/C17H18N2O3/c1-12-8-9-15(11-18-12)17(21)22-13(2)16(20)19-10-14-6-4-3-5-7-14/h3-9,11,13H,10H2,1-2H3,(H,19,20)/t13-/m1/s1. The number of pyridine rings is 1. The van der Waals surface area contributed by atoms with Crippen molar-refractivity contribution in [3.8, 4) is 0 Å². The Hall–Kier alpha value is -2.69. The summed E-state index contributed by atoms with van der Waals surface area (Å²) in [5.41, 5.74) is 2.12. The van der Waals surface area contributed by atoms with E-state index in [1.165, 1.54) is 6.20 Å². The topological polar surface area (TPSA) is 68.3 Å². The minimum absolute atomic E-state index is 0.327. The number of aryl methyl sites for hydroxylation is 1. The van der Waals surface area contributed by atoms with Crippen LogP contribution in [0.2, 0.25) is 0 Å². The van der Waals surface area contributed by atoms with Gasteiger partial charge < -0.3 is 10.1 Å². The molecule has 0 bridgehead atoms. The Morgan fingerprint density at radius 2 is 1.91 bits per heavy atom. The zero-order chi connectivity index (χ0) is 15.9. The van der Waals surface area contributed by atoms with E-state index in [0.717, 1.165) is 11.3 Å². The molecule has 114 valence electrons. The van der Waals surface area contributed by atoms with Crippen LogP contribution in [0.25, 0.3) is 0 Å². The van der Waals surface area contributed by atoms with Gasteiger partial charge in [-0.05, 0) is 31.5 Å². The molecule has 0 radical (unpaired) electrons. The molecule has 1 atom stereocenters. The first-order chi connectivity index (χ1) is 10.6. The Labute approximate surface area is 129 Å². The minimum Gasteiger partial charge on any atom is -0.449 e. The SMILES string of the molecule is Cc1ccc(C(=O)O[C@H](C)C(=O)NCc2ccccc2)cn1. The third-order valence-electron chi connectivity index (χ3n) is 3.11. The summed E-state index contributed by atoms with van der Waals surface area (Å²) in [6.07, 6.45) is 0.573. The van der Waals surface area contributed by atoms with Crippen LogP contribution in [-0.2, 0) is 16.1 Å². The average molecular weight is 298 g/mol. The Kier molecular flexibility index (Phi) is 5.25. The number of esters is 1. The molecule has 0 spiro atoms. The van der Waals surface area contributed by atoms with E-state index in [0.29, 0.717) is 12.1 Å².